The largest absolute Gasteiger partial charge is 0.324 e. The van der Waals surface area contributed by atoms with Gasteiger partial charge in [0.1, 0.15) is 16.7 Å². The summed E-state index contributed by atoms with van der Waals surface area (Å²) in [6.07, 6.45) is 2.99. The average Bonchev–Trinajstić information content (AvgIpc) is 3.07. The van der Waals surface area contributed by atoms with Crippen molar-refractivity contribution in [1.82, 2.24) is 14.5 Å². The molecule has 0 bridgehead atoms. The zero-order chi connectivity index (χ0) is 24.0. The van der Waals surface area contributed by atoms with Gasteiger partial charge >= 0.3 is 0 Å². The number of aryl methyl sites for hydroxylation is 4. The van der Waals surface area contributed by atoms with Crippen molar-refractivity contribution in [2.24, 2.45) is 5.92 Å². The van der Waals surface area contributed by atoms with Crippen molar-refractivity contribution in [3.05, 3.63) is 55.4 Å². The maximum absolute atomic E-state index is 13.9. The maximum Gasteiger partial charge on any atom is 0.263 e. The molecule has 7 heteroatoms. The third kappa shape index (κ3) is 4.49. The molecule has 0 fully saturated rings. The second-order valence-corrected chi connectivity index (χ2v) is 11.0. The van der Waals surface area contributed by atoms with Crippen LogP contribution in [0.25, 0.3) is 10.2 Å². The average molecular weight is 467 g/mol. The lowest BCUT2D eigenvalue weighted by Gasteiger charge is -2.22. The van der Waals surface area contributed by atoms with E-state index in [2.05, 4.69) is 24.4 Å². The smallest absolute Gasteiger partial charge is 0.263 e. The maximum atomic E-state index is 13.9. The van der Waals surface area contributed by atoms with E-state index in [1.165, 1.54) is 4.88 Å². The molecule has 1 aromatic carbocycles. The third-order valence-electron chi connectivity index (χ3n) is 6.58. The van der Waals surface area contributed by atoms with Crippen LogP contribution in [0.1, 0.15) is 59.3 Å². The Morgan fingerprint density at radius 2 is 1.94 bits per heavy atom. The Hall–Kier alpha value is -2.51. The number of anilines is 1. The second-order valence-electron chi connectivity index (χ2n) is 9.91. The van der Waals surface area contributed by atoms with Crippen LogP contribution in [0.4, 0.5) is 5.69 Å². The van der Waals surface area contributed by atoms with Crippen LogP contribution in [0.15, 0.2) is 16.9 Å². The Kier molecular flexibility index (Phi) is 6.47. The van der Waals surface area contributed by atoms with E-state index in [1.54, 1.807) is 22.8 Å². The first-order valence-corrected chi connectivity index (χ1v) is 12.5. The summed E-state index contributed by atoms with van der Waals surface area (Å²) in [4.78, 5) is 36.2. The van der Waals surface area contributed by atoms with Gasteiger partial charge in [-0.05, 0) is 83.7 Å². The molecule has 1 aliphatic rings. The number of carbonyl (C=O) groups is 1. The first-order chi connectivity index (χ1) is 15.6. The molecule has 2 aromatic heterocycles. The Bertz CT molecular complexity index is 1260. The molecule has 33 heavy (non-hydrogen) atoms. The highest BCUT2D eigenvalue weighted by atomic mass is 32.1. The van der Waals surface area contributed by atoms with Crippen molar-refractivity contribution in [2.75, 3.05) is 19.4 Å². The molecule has 1 amide bonds. The Morgan fingerprint density at radius 1 is 1.27 bits per heavy atom. The molecule has 2 heterocycles. The fourth-order valence-corrected chi connectivity index (χ4v) is 6.35. The molecule has 0 radical (unpaired) electrons. The highest BCUT2D eigenvalue weighted by Crippen LogP contribution is 2.36. The number of carbonyl (C=O) groups excluding carboxylic acids is 1. The summed E-state index contributed by atoms with van der Waals surface area (Å²) >= 11 is 1.65. The van der Waals surface area contributed by atoms with Gasteiger partial charge in [-0.1, -0.05) is 24.6 Å². The highest BCUT2D eigenvalue weighted by Gasteiger charge is 2.28. The van der Waals surface area contributed by atoms with Crippen molar-refractivity contribution < 1.29 is 4.79 Å². The molecule has 0 spiro atoms. The molecule has 0 aliphatic heterocycles. The van der Waals surface area contributed by atoms with E-state index < -0.39 is 6.04 Å². The van der Waals surface area contributed by atoms with E-state index >= 15 is 0 Å². The first kappa shape index (κ1) is 23.6. The molecule has 1 N–H and O–H groups in total. The van der Waals surface area contributed by atoms with Gasteiger partial charge in [-0.25, -0.2) is 4.98 Å². The minimum Gasteiger partial charge on any atom is -0.324 e. The summed E-state index contributed by atoms with van der Waals surface area (Å²) < 4.78 is 1.61. The predicted molar refractivity (Wildman–Crippen MR) is 136 cm³/mol. The molecule has 1 aliphatic carbocycles. The number of rotatable bonds is 5. The monoisotopic (exact) mass is 466 g/mol. The van der Waals surface area contributed by atoms with Gasteiger partial charge in [0.25, 0.3) is 5.56 Å². The SMILES string of the molecule is Cc1cc(C)c(NC(=O)C(C)n2c(CN(C)C)nc3sc4c(c3c2=O)CCC(C)C4)c(C)c1. The van der Waals surface area contributed by atoms with Gasteiger partial charge in [-0.2, -0.15) is 0 Å². The summed E-state index contributed by atoms with van der Waals surface area (Å²) in [5.41, 5.74) is 5.06. The Labute approximate surface area is 199 Å². The van der Waals surface area contributed by atoms with Crippen LogP contribution in [-0.4, -0.2) is 34.5 Å². The topological polar surface area (TPSA) is 67.2 Å². The van der Waals surface area contributed by atoms with Gasteiger partial charge in [0.05, 0.1) is 11.9 Å². The molecule has 0 saturated carbocycles. The van der Waals surface area contributed by atoms with Gasteiger partial charge < -0.3 is 10.2 Å². The fourth-order valence-electron chi connectivity index (χ4n) is 4.96. The quantitative estimate of drug-likeness (QED) is 0.588. The number of thiophene rings is 1. The summed E-state index contributed by atoms with van der Waals surface area (Å²) in [7, 11) is 3.90. The summed E-state index contributed by atoms with van der Waals surface area (Å²) in [5.74, 6) is 1.05. The lowest BCUT2D eigenvalue weighted by Crippen LogP contribution is -2.36. The van der Waals surface area contributed by atoms with Gasteiger partial charge in [-0.3, -0.25) is 14.2 Å². The Morgan fingerprint density at radius 3 is 2.58 bits per heavy atom. The molecular formula is C26H34N4O2S. The van der Waals surface area contributed by atoms with E-state index in [9.17, 15) is 9.59 Å². The summed E-state index contributed by atoms with van der Waals surface area (Å²) in [6, 6.07) is 3.44. The normalized spacial score (nSPS) is 16.8. The van der Waals surface area contributed by atoms with E-state index in [0.29, 0.717) is 23.7 Å². The summed E-state index contributed by atoms with van der Waals surface area (Å²) in [5, 5.41) is 3.80. The van der Waals surface area contributed by atoms with E-state index in [-0.39, 0.29) is 11.5 Å². The summed E-state index contributed by atoms with van der Waals surface area (Å²) in [6.45, 7) is 10.6. The van der Waals surface area contributed by atoms with Gasteiger partial charge in [0.2, 0.25) is 5.91 Å². The number of benzene rings is 1. The van der Waals surface area contributed by atoms with E-state index in [0.717, 1.165) is 52.0 Å². The van der Waals surface area contributed by atoms with E-state index in [4.69, 9.17) is 4.98 Å². The zero-order valence-electron chi connectivity index (χ0n) is 20.7. The van der Waals surface area contributed by atoms with Crippen LogP contribution in [0, 0.1) is 26.7 Å². The van der Waals surface area contributed by atoms with Crippen molar-refractivity contribution in [3.8, 4) is 0 Å². The van der Waals surface area contributed by atoms with Gasteiger partial charge in [0.15, 0.2) is 0 Å². The van der Waals surface area contributed by atoms with E-state index in [1.807, 2.05) is 39.8 Å². The minimum absolute atomic E-state index is 0.0936. The van der Waals surface area contributed by atoms with Crippen LogP contribution in [0.3, 0.4) is 0 Å². The van der Waals surface area contributed by atoms with Crippen LogP contribution in [0.2, 0.25) is 0 Å². The second kappa shape index (κ2) is 9.03. The van der Waals surface area contributed by atoms with Crippen molar-refractivity contribution >= 4 is 33.1 Å². The van der Waals surface area contributed by atoms with Crippen LogP contribution < -0.4 is 10.9 Å². The number of aromatic nitrogens is 2. The first-order valence-electron chi connectivity index (χ1n) is 11.7. The van der Waals surface area contributed by atoms with Crippen LogP contribution >= 0.6 is 11.3 Å². The number of nitrogens with zero attached hydrogens (tertiary/aromatic N) is 3. The predicted octanol–water partition coefficient (Wildman–Crippen LogP) is 4.77. The standard InChI is InChI=1S/C26H34N4O2S/c1-14-8-9-19-20(12-14)33-25-22(19)26(32)30(21(27-25)13-29(6)7)18(5)24(31)28-23-16(3)10-15(2)11-17(23)4/h10-11,14,18H,8-9,12-13H2,1-7H3,(H,28,31). The minimum atomic E-state index is -0.678. The molecular weight excluding hydrogens is 432 g/mol. The highest BCUT2D eigenvalue weighted by molar-refractivity contribution is 7.18. The van der Waals surface area contributed by atoms with Crippen LogP contribution in [0.5, 0.6) is 0 Å². The lowest BCUT2D eigenvalue weighted by molar-refractivity contribution is -0.119. The number of hydrogen-bond donors (Lipinski definition) is 1. The van der Waals surface area contributed by atoms with Gasteiger partial charge in [-0.15, -0.1) is 11.3 Å². The third-order valence-corrected chi connectivity index (χ3v) is 7.73. The molecule has 4 rings (SSSR count). The zero-order valence-corrected chi connectivity index (χ0v) is 21.5. The number of fused-ring (bicyclic) bond motifs is 3. The molecule has 2 atom stereocenters. The number of amides is 1. The Balaban J connectivity index is 1.80. The van der Waals surface area contributed by atoms with Crippen molar-refractivity contribution in [1.29, 1.82) is 0 Å². The van der Waals surface area contributed by atoms with Crippen molar-refractivity contribution in [3.63, 3.8) is 0 Å². The number of hydrogen-bond acceptors (Lipinski definition) is 5. The van der Waals surface area contributed by atoms with Gasteiger partial charge in [0, 0.05) is 10.6 Å². The lowest BCUT2D eigenvalue weighted by atomic mass is 9.89. The molecule has 176 valence electrons. The molecule has 3 aromatic rings. The number of nitrogens with one attached hydrogen (secondary N) is 1. The van der Waals surface area contributed by atoms with Crippen LogP contribution in [-0.2, 0) is 24.2 Å². The van der Waals surface area contributed by atoms with Crippen molar-refractivity contribution in [2.45, 2.75) is 66.5 Å². The fraction of sp³-hybridized carbons (Fsp3) is 0.500. The molecule has 6 nitrogen and oxygen atoms in total. The molecule has 2 unspecified atom stereocenters. The molecule has 0 saturated heterocycles.